The van der Waals surface area contributed by atoms with E-state index in [-0.39, 0.29) is 31.6 Å². The predicted octanol–water partition coefficient (Wildman–Crippen LogP) is 2.38. The van der Waals surface area contributed by atoms with Crippen molar-refractivity contribution in [3.63, 3.8) is 0 Å². The van der Waals surface area contributed by atoms with E-state index < -0.39 is 6.04 Å². The topological polar surface area (TPSA) is 77.1 Å². The summed E-state index contributed by atoms with van der Waals surface area (Å²) in [4.78, 5) is 26.9. The minimum absolute atomic E-state index is 0.0489. The van der Waals surface area contributed by atoms with Crippen LogP contribution in [0.25, 0.3) is 0 Å². The van der Waals surface area contributed by atoms with Crippen LogP contribution in [0.15, 0.2) is 42.5 Å². The number of amides is 2. The van der Waals surface area contributed by atoms with Gasteiger partial charge in [0, 0.05) is 17.3 Å². The van der Waals surface area contributed by atoms with E-state index in [1.54, 1.807) is 26.4 Å². The van der Waals surface area contributed by atoms with Gasteiger partial charge >= 0.3 is 0 Å². The lowest BCUT2D eigenvalue weighted by atomic mass is 10.1. The van der Waals surface area contributed by atoms with E-state index in [0.29, 0.717) is 17.2 Å². The summed E-state index contributed by atoms with van der Waals surface area (Å²) in [7, 11) is 3.13. The van der Waals surface area contributed by atoms with Gasteiger partial charge in [-0.3, -0.25) is 9.59 Å². The maximum atomic E-state index is 12.8. The molecule has 2 aromatic carbocycles. The number of nitrogens with one attached hydrogen (secondary N) is 1. The molecule has 148 valence electrons. The fraction of sp³-hybridized carbons (Fsp3) is 0.333. The standard InChI is InChI=1S/C21H24N2O5/c1-14-5-4-6-16(9-14)22-21(25)18-12-28-13-20(24)23(18)11-15-7-8-17(26-2)10-19(15)27-3/h4-10,18H,11-13H2,1-3H3,(H,22,25)/t18-/m0/s1. The molecule has 7 nitrogen and oxygen atoms in total. The van der Waals surface area contributed by atoms with Gasteiger partial charge in [0.05, 0.1) is 27.4 Å². The number of methoxy groups -OCH3 is 2. The van der Waals surface area contributed by atoms with Crippen LogP contribution < -0.4 is 14.8 Å². The molecule has 0 radical (unpaired) electrons. The zero-order valence-corrected chi connectivity index (χ0v) is 16.2. The fourth-order valence-corrected chi connectivity index (χ4v) is 3.13. The molecule has 0 aliphatic carbocycles. The number of nitrogens with zero attached hydrogens (tertiary/aromatic N) is 1. The molecular weight excluding hydrogens is 360 g/mol. The van der Waals surface area contributed by atoms with Crippen LogP contribution in [0.4, 0.5) is 5.69 Å². The van der Waals surface area contributed by atoms with Gasteiger partial charge in [0.15, 0.2) is 0 Å². The molecule has 2 amide bonds. The van der Waals surface area contributed by atoms with Crippen molar-refractivity contribution < 1.29 is 23.8 Å². The SMILES string of the molecule is COc1ccc(CN2C(=O)COC[C@H]2C(=O)Nc2cccc(C)c2)c(OC)c1. The molecule has 1 aliphatic rings. The number of hydrogen-bond donors (Lipinski definition) is 1. The second-order valence-corrected chi connectivity index (χ2v) is 6.59. The molecule has 2 aromatic rings. The van der Waals surface area contributed by atoms with Crippen molar-refractivity contribution in [2.75, 3.05) is 32.8 Å². The van der Waals surface area contributed by atoms with Gasteiger partial charge in [0.2, 0.25) is 11.8 Å². The highest BCUT2D eigenvalue weighted by molar-refractivity contribution is 5.98. The summed E-state index contributed by atoms with van der Waals surface area (Å²) in [6.07, 6.45) is 0. The molecule has 1 heterocycles. The van der Waals surface area contributed by atoms with Crippen molar-refractivity contribution in [1.82, 2.24) is 4.90 Å². The van der Waals surface area contributed by atoms with Crippen molar-refractivity contribution in [3.05, 3.63) is 53.6 Å². The van der Waals surface area contributed by atoms with E-state index in [1.165, 1.54) is 4.90 Å². The largest absolute Gasteiger partial charge is 0.497 e. The molecule has 0 unspecified atom stereocenters. The fourth-order valence-electron chi connectivity index (χ4n) is 3.13. The van der Waals surface area contributed by atoms with Crippen molar-refractivity contribution >= 4 is 17.5 Å². The number of morpholine rings is 1. The summed E-state index contributed by atoms with van der Waals surface area (Å²) in [6.45, 7) is 2.28. The quantitative estimate of drug-likeness (QED) is 0.828. The van der Waals surface area contributed by atoms with Gasteiger partial charge in [-0.1, -0.05) is 12.1 Å². The first-order valence-electron chi connectivity index (χ1n) is 8.97. The average molecular weight is 384 g/mol. The van der Waals surface area contributed by atoms with E-state index in [1.807, 2.05) is 37.3 Å². The molecule has 7 heteroatoms. The Bertz CT molecular complexity index is 868. The normalized spacial score (nSPS) is 16.6. The van der Waals surface area contributed by atoms with Crippen LogP contribution in [0, 0.1) is 6.92 Å². The summed E-state index contributed by atoms with van der Waals surface area (Å²) in [5.74, 6) is 0.721. The summed E-state index contributed by atoms with van der Waals surface area (Å²) in [6, 6.07) is 12.2. The molecule has 0 aromatic heterocycles. The van der Waals surface area contributed by atoms with E-state index >= 15 is 0 Å². The highest BCUT2D eigenvalue weighted by Crippen LogP contribution is 2.27. The number of anilines is 1. The smallest absolute Gasteiger partial charge is 0.249 e. The van der Waals surface area contributed by atoms with Crippen molar-refractivity contribution in [2.45, 2.75) is 19.5 Å². The van der Waals surface area contributed by atoms with Crippen molar-refractivity contribution in [3.8, 4) is 11.5 Å². The second-order valence-electron chi connectivity index (χ2n) is 6.59. The van der Waals surface area contributed by atoms with E-state index in [4.69, 9.17) is 14.2 Å². The molecule has 1 N–H and O–H groups in total. The third-order valence-electron chi connectivity index (χ3n) is 4.62. The van der Waals surface area contributed by atoms with Gasteiger partial charge in [-0.15, -0.1) is 0 Å². The van der Waals surface area contributed by atoms with Crippen LogP contribution >= 0.6 is 0 Å². The monoisotopic (exact) mass is 384 g/mol. The van der Waals surface area contributed by atoms with Crippen LogP contribution in [0.3, 0.4) is 0 Å². The Morgan fingerprint density at radius 1 is 1.21 bits per heavy atom. The number of ether oxygens (including phenoxy) is 3. The van der Waals surface area contributed by atoms with Crippen LogP contribution in [-0.2, 0) is 20.9 Å². The van der Waals surface area contributed by atoms with Crippen LogP contribution in [0.1, 0.15) is 11.1 Å². The first-order valence-corrected chi connectivity index (χ1v) is 8.97. The van der Waals surface area contributed by atoms with Gasteiger partial charge in [0.25, 0.3) is 0 Å². The van der Waals surface area contributed by atoms with E-state index in [0.717, 1.165) is 11.1 Å². The van der Waals surface area contributed by atoms with Crippen molar-refractivity contribution in [2.24, 2.45) is 0 Å². The Hall–Kier alpha value is -3.06. The number of hydrogen-bond acceptors (Lipinski definition) is 5. The lowest BCUT2D eigenvalue weighted by Crippen LogP contribution is -2.54. The average Bonchev–Trinajstić information content (AvgIpc) is 2.69. The maximum Gasteiger partial charge on any atom is 0.249 e. The molecule has 0 bridgehead atoms. The number of rotatable bonds is 6. The zero-order chi connectivity index (χ0) is 20.1. The van der Waals surface area contributed by atoms with Crippen LogP contribution in [0.5, 0.6) is 11.5 Å². The van der Waals surface area contributed by atoms with E-state index in [9.17, 15) is 9.59 Å². The Morgan fingerprint density at radius 2 is 2.04 bits per heavy atom. The van der Waals surface area contributed by atoms with Crippen LogP contribution in [0.2, 0.25) is 0 Å². The van der Waals surface area contributed by atoms with Crippen molar-refractivity contribution in [1.29, 1.82) is 0 Å². The Balaban J connectivity index is 1.81. The Morgan fingerprint density at radius 3 is 2.75 bits per heavy atom. The van der Waals surface area contributed by atoms with E-state index in [2.05, 4.69) is 5.32 Å². The van der Waals surface area contributed by atoms with Gasteiger partial charge in [-0.05, 0) is 36.8 Å². The number of carbonyl (C=O) groups is 2. The molecule has 1 saturated heterocycles. The Labute approximate surface area is 164 Å². The molecule has 1 fully saturated rings. The molecular formula is C21H24N2O5. The number of carbonyl (C=O) groups excluding carboxylic acids is 2. The zero-order valence-electron chi connectivity index (χ0n) is 16.2. The molecule has 1 aliphatic heterocycles. The molecule has 3 rings (SSSR count). The summed E-state index contributed by atoms with van der Waals surface area (Å²) >= 11 is 0. The lowest BCUT2D eigenvalue weighted by molar-refractivity contribution is -0.154. The van der Waals surface area contributed by atoms with Gasteiger partial charge in [-0.2, -0.15) is 0 Å². The van der Waals surface area contributed by atoms with Crippen LogP contribution in [-0.4, -0.2) is 50.2 Å². The minimum atomic E-state index is -0.728. The highest BCUT2D eigenvalue weighted by atomic mass is 16.5. The number of aryl methyl sites for hydroxylation is 1. The molecule has 0 spiro atoms. The lowest BCUT2D eigenvalue weighted by Gasteiger charge is -2.34. The predicted molar refractivity (Wildman–Crippen MR) is 105 cm³/mol. The Kier molecular flexibility index (Phi) is 6.16. The molecule has 28 heavy (non-hydrogen) atoms. The first kappa shape index (κ1) is 19.7. The summed E-state index contributed by atoms with van der Waals surface area (Å²) in [5.41, 5.74) is 2.51. The first-order chi connectivity index (χ1) is 13.5. The van der Waals surface area contributed by atoms with Gasteiger partial charge in [-0.25, -0.2) is 0 Å². The highest BCUT2D eigenvalue weighted by Gasteiger charge is 2.34. The summed E-state index contributed by atoms with van der Waals surface area (Å²) in [5, 5.41) is 2.87. The minimum Gasteiger partial charge on any atom is -0.497 e. The maximum absolute atomic E-state index is 12.8. The third kappa shape index (κ3) is 4.43. The number of benzene rings is 2. The second kappa shape index (κ2) is 8.75. The molecule has 0 saturated carbocycles. The van der Waals surface area contributed by atoms with Gasteiger partial charge in [0.1, 0.15) is 24.1 Å². The summed E-state index contributed by atoms with van der Waals surface area (Å²) < 4.78 is 16.0. The molecule has 1 atom stereocenters. The van der Waals surface area contributed by atoms with Gasteiger partial charge < -0.3 is 24.4 Å². The third-order valence-corrected chi connectivity index (χ3v) is 4.62.